The molecule has 22 heavy (non-hydrogen) atoms. The summed E-state index contributed by atoms with van der Waals surface area (Å²) in [5.41, 5.74) is -0.166. The number of hydrogen-bond acceptors (Lipinski definition) is 4. The van der Waals surface area contributed by atoms with E-state index in [1.54, 1.807) is 0 Å². The van der Waals surface area contributed by atoms with Crippen molar-refractivity contribution in [2.24, 2.45) is 5.14 Å². The van der Waals surface area contributed by atoms with Crippen molar-refractivity contribution in [3.63, 3.8) is 0 Å². The molecule has 0 atom stereocenters. The van der Waals surface area contributed by atoms with Crippen LogP contribution < -0.4 is 9.86 Å². The average Bonchev–Trinajstić information content (AvgIpc) is 2.36. The standard InChI is InChI=1S/C12H10Cl2N2O4S2/c13-8-5-9(14)7-10(6-8)22(19,20)16-11-3-1-2-4-12(11)21(15,17)18/h1-7,16H,(H2,15,17,18). The van der Waals surface area contributed by atoms with Gasteiger partial charge in [0.05, 0.1) is 10.6 Å². The van der Waals surface area contributed by atoms with E-state index in [1.165, 1.54) is 42.5 Å². The lowest BCUT2D eigenvalue weighted by Crippen LogP contribution is -2.18. The van der Waals surface area contributed by atoms with Crippen molar-refractivity contribution in [3.05, 3.63) is 52.5 Å². The van der Waals surface area contributed by atoms with Crippen LogP contribution in [0.1, 0.15) is 0 Å². The molecule has 2 rings (SSSR count). The highest BCUT2D eigenvalue weighted by atomic mass is 35.5. The molecule has 2 aromatic rings. The zero-order valence-electron chi connectivity index (χ0n) is 10.8. The molecule has 3 N–H and O–H groups in total. The topological polar surface area (TPSA) is 106 Å². The monoisotopic (exact) mass is 380 g/mol. The normalized spacial score (nSPS) is 12.1. The van der Waals surface area contributed by atoms with Crippen molar-refractivity contribution >= 4 is 48.9 Å². The molecule has 10 heteroatoms. The van der Waals surface area contributed by atoms with E-state index in [2.05, 4.69) is 4.72 Å². The molecular weight excluding hydrogens is 371 g/mol. The van der Waals surface area contributed by atoms with Crippen molar-refractivity contribution in [1.82, 2.24) is 0 Å². The van der Waals surface area contributed by atoms with Crippen molar-refractivity contribution in [2.75, 3.05) is 4.72 Å². The molecule has 0 fully saturated rings. The van der Waals surface area contributed by atoms with Crippen molar-refractivity contribution in [1.29, 1.82) is 0 Å². The summed E-state index contributed by atoms with van der Waals surface area (Å²) in [6, 6.07) is 9.12. The molecule has 118 valence electrons. The lowest BCUT2D eigenvalue weighted by atomic mass is 10.3. The Balaban J connectivity index is 2.51. The van der Waals surface area contributed by atoms with E-state index in [9.17, 15) is 16.8 Å². The summed E-state index contributed by atoms with van der Waals surface area (Å²) in [7, 11) is -8.16. The smallest absolute Gasteiger partial charge is 0.262 e. The highest BCUT2D eigenvalue weighted by Crippen LogP contribution is 2.26. The summed E-state index contributed by atoms with van der Waals surface area (Å²) in [6.45, 7) is 0. The van der Waals surface area contributed by atoms with Gasteiger partial charge < -0.3 is 0 Å². The number of halogens is 2. The maximum atomic E-state index is 12.3. The highest BCUT2D eigenvalue weighted by Gasteiger charge is 2.20. The molecule has 2 aromatic carbocycles. The van der Waals surface area contributed by atoms with Crippen molar-refractivity contribution in [3.8, 4) is 0 Å². The van der Waals surface area contributed by atoms with E-state index in [0.717, 1.165) is 0 Å². The number of hydrogen-bond donors (Lipinski definition) is 2. The van der Waals surface area contributed by atoms with Crippen LogP contribution in [0.15, 0.2) is 52.3 Å². The number of anilines is 1. The molecule has 0 aliphatic carbocycles. The van der Waals surface area contributed by atoms with Crippen LogP contribution in [0.3, 0.4) is 0 Å². The fourth-order valence-electron chi connectivity index (χ4n) is 1.69. The number of nitrogens with one attached hydrogen (secondary N) is 1. The van der Waals surface area contributed by atoms with Crippen LogP contribution in [-0.4, -0.2) is 16.8 Å². The largest absolute Gasteiger partial charge is 0.278 e. The number of nitrogens with two attached hydrogens (primary N) is 1. The molecule has 0 unspecified atom stereocenters. The Bertz CT molecular complexity index is 908. The molecule has 0 aromatic heterocycles. The first-order chi connectivity index (χ1) is 10.1. The molecule has 0 amide bonds. The zero-order chi connectivity index (χ0) is 16.5. The van der Waals surface area contributed by atoms with E-state index >= 15 is 0 Å². The molecule has 0 saturated carbocycles. The molecule has 0 heterocycles. The van der Waals surface area contributed by atoms with Gasteiger partial charge in [0.25, 0.3) is 10.0 Å². The quantitative estimate of drug-likeness (QED) is 0.848. The number of rotatable bonds is 4. The van der Waals surface area contributed by atoms with Crippen molar-refractivity contribution < 1.29 is 16.8 Å². The summed E-state index contributed by atoms with van der Waals surface area (Å²) in [5, 5.41) is 5.32. The molecule has 0 saturated heterocycles. The molecule has 0 bridgehead atoms. The maximum Gasteiger partial charge on any atom is 0.262 e. The van der Waals surface area contributed by atoms with Gasteiger partial charge in [-0.25, -0.2) is 22.0 Å². The second-order valence-corrected chi connectivity index (χ2v) is 8.34. The van der Waals surface area contributed by atoms with Crippen LogP contribution in [-0.2, 0) is 20.0 Å². The van der Waals surface area contributed by atoms with Gasteiger partial charge in [-0.1, -0.05) is 35.3 Å². The van der Waals surface area contributed by atoms with E-state index in [1.807, 2.05) is 0 Å². The van der Waals surface area contributed by atoms with Gasteiger partial charge >= 0.3 is 0 Å². The molecule has 0 aliphatic heterocycles. The third-order valence-corrected chi connectivity index (χ3v) is 5.33. The lowest BCUT2D eigenvalue weighted by molar-refractivity contribution is 0.598. The predicted octanol–water partition coefficient (Wildman–Crippen LogP) is 2.44. The first kappa shape index (κ1) is 17.0. The summed E-state index contributed by atoms with van der Waals surface area (Å²) >= 11 is 11.5. The van der Waals surface area contributed by atoms with Gasteiger partial charge in [0, 0.05) is 10.0 Å². The first-order valence-corrected chi connectivity index (χ1v) is 9.49. The molecule has 6 nitrogen and oxygen atoms in total. The minimum Gasteiger partial charge on any atom is -0.278 e. The minimum atomic E-state index is -4.08. The summed E-state index contributed by atoms with van der Waals surface area (Å²) < 4.78 is 49.8. The minimum absolute atomic E-state index is 0.132. The van der Waals surface area contributed by atoms with Crippen LogP contribution in [0, 0.1) is 0 Å². The van der Waals surface area contributed by atoms with Gasteiger partial charge in [-0.2, -0.15) is 0 Å². The fourth-order valence-corrected chi connectivity index (χ4v) is 4.25. The molecule has 0 aliphatic rings. The fraction of sp³-hybridized carbons (Fsp3) is 0. The summed E-state index contributed by atoms with van der Waals surface area (Å²) in [5.74, 6) is 0. The van der Waals surface area contributed by atoms with Gasteiger partial charge in [0.1, 0.15) is 4.90 Å². The Morgan fingerprint density at radius 3 is 2.00 bits per heavy atom. The van der Waals surface area contributed by atoms with E-state index < -0.39 is 20.0 Å². The predicted molar refractivity (Wildman–Crippen MR) is 85.1 cm³/mol. The number of sulfonamides is 2. The van der Waals surface area contributed by atoms with E-state index in [0.29, 0.717) is 0 Å². The van der Waals surface area contributed by atoms with Crippen LogP contribution in [0.25, 0.3) is 0 Å². The number of primary sulfonamides is 1. The molecule has 0 radical (unpaired) electrons. The van der Waals surface area contributed by atoms with E-state index in [-0.39, 0.29) is 25.5 Å². The third-order valence-electron chi connectivity index (χ3n) is 2.58. The van der Waals surface area contributed by atoms with Gasteiger partial charge in [-0.15, -0.1) is 0 Å². The van der Waals surface area contributed by atoms with Gasteiger partial charge in [0.2, 0.25) is 10.0 Å². The lowest BCUT2D eigenvalue weighted by Gasteiger charge is -2.11. The second-order valence-electron chi connectivity index (χ2n) is 4.25. The van der Waals surface area contributed by atoms with Gasteiger partial charge in [-0.05, 0) is 30.3 Å². The number of benzene rings is 2. The van der Waals surface area contributed by atoms with Crippen molar-refractivity contribution in [2.45, 2.75) is 9.79 Å². The van der Waals surface area contributed by atoms with Gasteiger partial charge in [0.15, 0.2) is 0 Å². The SMILES string of the molecule is NS(=O)(=O)c1ccccc1NS(=O)(=O)c1cc(Cl)cc(Cl)c1. The second kappa shape index (κ2) is 6.05. The first-order valence-electron chi connectivity index (χ1n) is 5.70. The number of para-hydroxylation sites is 1. The maximum absolute atomic E-state index is 12.3. The Labute approximate surface area is 138 Å². The molecular formula is C12H10Cl2N2O4S2. The Morgan fingerprint density at radius 2 is 1.45 bits per heavy atom. The van der Waals surface area contributed by atoms with E-state index in [4.69, 9.17) is 28.3 Å². The summed E-state index contributed by atoms with van der Waals surface area (Å²) in [6.07, 6.45) is 0. The van der Waals surface area contributed by atoms with Gasteiger partial charge in [-0.3, -0.25) is 4.72 Å². The zero-order valence-corrected chi connectivity index (χ0v) is 14.0. The van der Waals surface area contributed by atoms with Crippen LogP contribution in [0.5, 0.6) is 0 Å². The van der Waals surface area contributed by atoms with Crippen LogP contribution in [0.2, 0.25) is 10.0 Å². The Kier molecular flexibility index (Phi) is 4.69. The van der Waals surface area contributed by atoms with Crippen LogP contribution >= 0.6 is 23.2 Å². The average molecular weight is 381 g/mol. The Morgan fingerprint density at radius 1 is 0.909 bits per heavy atom. The summed E-state index contributed by atoms with van der Waals surface area (Å²) in [4.78, 5) is -0.541. The highest BCUT2D eigenvalue weighted by molar-refractivity contribution is 7.93. The molecule has 0 spiro atoms. The third kappa shape index (κ3) is 3.90. The Hall–Kier alpha value is -1.32. The van der Waals surface area contributed by atoms with Crippen LogP contribution in [0.4, 0.5) is 5.69 Å².